The molecule has 0 radical (unpaired) electrons. The number of fused-ring (bicyclic) bond motifs is 1. The van der Waals surface area contributed by atoms with Crippen LogP contribution in [0, 0.1) is 5.92 Å². The highest BCUT2D eigenvalue weighted by Crippen LogP contribution is 2.33. The lowest BCUT2D eigenvalue weighted by molar-refractivity contribution is -0.118. The first-order valence-electron chi connectivity index (χ1n) is 8.61. The van der Waals surface area contributed by atoms with Crippen molar-refractivity contribution in [3.05, 3.63) is 29.3 Å². The molecule has 1 aliphatic heterocycles. The van der Waals surface area contributed by atoms with E-state index in [1.807, 2.05) is 4.90 Å². The molecule has 1 aliphatic rings. The zero-order chi connectivity index (χ0) is 16.3. The fourth-order valence-corrected chi connectivity index (χ4v) is 3.52. The average Bonchev–Trinajstić information content (AvgIpc) is 2.73. The van der Waals surface area contributed by atoms with Crippen molar-refractivity contribution in [1.29, 1.82) is 0 Å². The number of hydrogen-bond donors (Lipinski definition) is 1. The Bertz CT molecular complexity index is 524. The van der Waals surface area contributed by atoms with E-state index in [2.05, 4.69) is 45.9 Å². The molecular formula is C19H30N2O. The van der Waals surface area contributed by atoms with Gasteiger partial charge in [-0.2, -0.15) is 0 Å². The van der Waals surface area contributed by atoms with Crippen LogP contribution < -0.4 is 10.6 Å². The molecule has 0 saturated heterocycles. The van der Waals surface area contributed by atoms with Crippen LogP contribution in [-0.4, -0.2) is 18.0 Å². The van der Waals surface area contributed by atoms with E-state index >= 15 is 0 Å². The van der Waals surface area contributed by atoms with Crippen molar-refractivity contribution in [2.45, 2.75) is 71.9 Å². The summed E-state index contributed by atoms with van der Waals surface area (Å²) in [6.45, 7) is 8.61. The smallest absolute Gasteiger partial charge is 0.227 e. The third kappa shape index (κ3) is 3.89. The molecule has 0 bridgehead atoms. The number of hydrogen-bond acceptors (Lipinski definition) is 2. The second kappa shape index (κ2) is 7.28. The van der Waals surface area contributed by atoms with E-state index < -0.39 is 0 Å². The van der Waals surface area contributed by atoms with Crippen LogP contribution in [0.2, 0.25) is 0 Å². The minimum atomic E-state index is 0.217. The van der Waals surface area contributed by atoms with Gasteiger partial charge in [0, 0.05) is 24.2 Å². The largest absolute Gasteiger partial charge is 0.327 e. The quantitative estimate of drug-likeness (QED) is 0.871. The van der Waals surface area contributed by atoms with Gasteiger partial charge in [-0.05, 0) is 55.7 Å². The molecular weight excluding hydrogens is 272 g/mol. The third-order valence-electron chi connectivity index (χ3n) is 4.36. The van der Waals surface area contributed by atoms with Crippen LogP contribution in [-0.2, 0) is 17.6 Å². The van der Waals surface area contributed by atoms with Crippen LogP contribution in [0.4, 0.5) is 5.69 Å². The molecule has 122 valence electrons. The molecule has 0 saturated carbocycles. The lowest BCUT2D eigenvalue weighted by Crippen LogP contribution is -2.35. The van der Waals surface area contributed by atoms with Gasteiger partial charge in [-0.15, -0.1) is 0 Å². The van der Waals surface area contributed by atoms with Crippen molar-refractivity contribution in [3.63, 3.8) is 0 Å². The molecule has 0 aliphatic carbocycles. The lowest BCUT2D eigenvalue weighted by Gasteiger charge is -2.22. The number of anilines is 1. The molecule has 1 heterocycles. The topological polar surface area (TPSA) is 46.3 Å². The van der Waals surface area contributed by atoms with Gasteiger partial charge in [-0.1, -0.05) is 32.9 Å². The molecule has 2 atom stereocenters. The summed E-state index contributed by atoms with van der Waals surface area (Å²) in [6, 6.07) is 7.00. The summed E-state index contributed by atoms with van der Waals surface area (Å²) in [4.78, 5) is 14.3. The van der Waals surface area contributed by atoms with E-state index in [1.54, 1.807) is 0 Å². The average molecular weight is 302 g/mol. The number of nitrogens with zero attached hydrogens (tertiary/aromatic N) is 1. The second-order valence-corrected chi connectivity index (χ2v) is 7.12. The first-order valence-corrected chi connectivity index (χ1v) is 8.61. The predicted molar refractivity (Wildman–Crippen MR) is 93.1 cm³/mol. The molecule has 1 aromatic carbocycles. The van der Waals surface area contributed by atoms with Crippen LogP contribution in [0.1, 0.15) is 58.1 Å². The summed E-state index contributed by atoms with van der Waals surface area (Å²) in [5.74, 6) is 0.879. The van der Waals surface area contributed by atoms with Gasteiger partial charge in [-0.25, -0.2) is 0 Å². The van der Waals surface area contributed by atoms with Crippen molar-refractivity contribution in [2.75, 3.05) is 4.90 Å². The van der Waals surface area contributed by atoms with Crippen LogP contribution in [0.25, 0.3) is 0 Å². The molecule has 3 nitrogen and oxygen atoms in total. The Kier molecular flexibility index (Phi) is 5.63. The van der Waals surface area contributed by atoms with E-state index in [1.165, 1.54) is 11.1 Å². The molecule has 0 spiro atoms. The van der Waals surface area contributed by atoms with Gasteiger partial charge in [0.1, 0.15) is 0 Å². The summed E-state index contributed by atoms with van der Waals surface area (Å²) < 4.78 is 0. The molecule has 22 heavy (non-hydrogen) atoms. The van der Waals surface area contributed by atoms with Crippen molar-refractivity contribution >= 4 is 11.6 Å². The predicted octanol–water partition coefficient (Wildman–Crippen LogP) is 3.68. The zero-order valence-corrected chi connectivity index (χ0v) is 14.4. The van der Waals surface area contributed by atoms with Gasteiger partial charge in [0.25, 0.3) is 0 Å². The van der Waals surface area contributed by atoms with E-state index in [9.17, 15) is 4.79 Å². The molecule has 3 heteroatoms. The van der Waals surface area contributed by atoms with Crippen molar-refractivity contribution < 1.29 is 4.79 Å². The first-order chi connectivity index (χ1) is 10.4. The van der Waals surface area contributed by atoms with E-state index in [4.69, 9.17) is 5.73 Å². The van der Waals surface area contributed by atoms with Crippen molar-refractivity contribution in [3.8, 4) is 0 Å². The van der Waals surface area contributed by atoms with Gasteiger partial charge < -0.3 is 10.6 Å². The highest BCUT2D eigenvalue weighted by atomic mass is 16.2. The normalized spacial score (nSPS) is 18.6. The summed E-state index contributed by atoms with van der Waals surface area (Å²) in [5, 5.41) is 0. The van der Waals surface area contributed by atoms with Crippen LogP contribution >= 0.6 is 0 Å². The molecule has 1 aromatic rings. The Labute approximate surface area is 134 Å². The van der Waals surface area contributed by atoms with Gasteiger partial charge >= 0.3 is 0 Å². The van der Waals surface area contributed by atoms with Gasteiger partial charge in [0.2, 0.25) is 5.91 Å². The summed E-state index contributed by atoms with van der Waals surface area (Å²) >= 11 is 0. The number of rotatable bonds is 6. The Balaban J connectivity index is 2.13. The highest BCUT2D eigenvalue weighted by molar-refractivity contribution is 5.96. The van der Waals surface area contributed by atoms with E-state index in [0.717, 1.165) is 31.4 Å². The molecule has 2 unspecified atom stereocenters. The Morgan fingerprint density at radius 3 is 2.77 bits per heavy atom. The minimum absolute atomic E-state index is 0.217. The van der Waals surface area contributed by atoms with Crippen molar-refractivity contribution in [2.24, 2.45) is 11.7 Å². The Morgan fingerprint density at radius 2 is 2.14 bits per heavy atom. The zero-order valence-electron chi connectivity index (χ0n) is 14.4. The van der Waals surface area contributed by atoms with Gasteiger partial charge in [0.05, 0.1) is 0 Å². The maximum absolute atomic E-state index is 12.3. The number of carbonyl (C=O) groups is 1. The molecule has 2 rings (SSSR count). The van der Waals surface area contributed by atoms with Gasteiger partial charge in [0.15, 0.2) is 0 Å². The van der Waals surface area contributed by atoms with Gasteiger partial charge in [-0.3, -0.25) is 4.79 Å². The Hall–Kier alpha value is -1.35. The third-order valence-corrected chi connectivity index (χ3v) is 4.36. The summed E-state index contributed by atoms with van der Waals surface area (Å²) in [6.07, 6.45) is 4.46. The molecule has 0 aromatic heterocycles. The standard InChI is InChI=1S/C19H30N2O/c1-5-6-19(22)21-14(4)10-16-11-15(7-8-18(16)21)12-17(20)9-13(2)3/h7-8,11,13-14,17H,5-6,9-10,12,20H2,1-4H3. The first kappa shape index (κ1) is 17.0. The SMILES string of the molecule is CCCC(=O)N1c2ccc(CC(N)CC(C)C)cc2CC1C. The monoisotopic (exact) mass is 302 g/mol. The summed E-state index contributed by atoms with van der Waals surface area (Å²) in [5.41, 5.74) is 9.93. The van der Waals surface area contributed by atoms with Crippen LogP contribution in [0.3, 0.4) is 0 Å². The lowest BCUT2D eigenvalue weighted by atomic mass is 9.96. The van der Waals surface area contributed by atoms with Crippen LogP contribution in [0.5, 0.6) is 0 Å². The maximum Gasteiger partial charge on any atom is 0.227 e. The van der Waals surface area contributed by atoms with E-state index in [-0.39, 0.29) is 18.0 Å². The van der Waals surface area contributed by atoms with E-state index in [0.29, 0.717) is 12.3 Å². The number of benzene rings is 1. The number of nitrogens with two attached hydrogens (primary N) is 1. The molecule has 2 N–H and O–H groups in total. The fourth-order valence-electron chi connectivity index (χ4n) is 3.52. The highest BCUT2D eigenvalue weighted by Gasteiger charge is 2.30. The molecule has 0 fully saturated rings. The second-order valence-electron chi connectivity index (χ2n) is 7.12. The number of carbonyl (C=O) groups excluding carboxylic acids is 1. The minimum Gasteiger partial charge on any atom is -0.327 e. The van der Waals surface area contributed by atoms with Crippen molar-refractivity contribution in [1.82, 2.24) is 0 Å². The molecule has 1 amide bonds. The van der Waals surface area contributed by atoms with Crippen LogP contribution in [0.15, 0.2) is 18.2 Å². The maximum atomic E-state index is 12.3. The Morgan fingerprint density at radius 1 is 1.41 bits per heavy atom. The number of amides is 1. The fraction of sp³-hybridized carbons (Fsp3) is 0.632. The summed E-state index contributed by atoms with van der Waals surface area (Å²) in [7, 11) is 0.